The van der Waals surface area contributed by atoms with E-state index in [1.807, 2.05) is 18.2 Å². The van der Waals surface area contributed by atoms with Gasteiger partial charge in [0.25, 0.3) is 5.91 Å². The molecular weight excluding hydrogens is 443 g/mol. The molecule has 0 aliphatic carbocycles. The number of carbonyl (C=O) groups excluding carboxylic acids is 3. The molecule has 0 bridgehead atoms. The van der Waals surface area contributed by atoms with Gasteiger partial charge in [0.2, 0.25) is 5.91 Å². The molecule has 1 aliphatic heterocycles. The first-order valence-electron chi connectivity index (χ1n) is 11.0. The highest BCUT2D eigenvalue weighted by Crippen LogP contribution is 2.28. The second-order valence-corrected chi connectivity index (χ2v) is 8.13. The van der Waals surface area contributed by atoms with Crippen molar-refractivity contribution in [3.63, 3.8) is 0 Å². The van der Waals surface area contributed by atoms with Gasteiger partial charge in [0.15, 0.2) is 18.1 Å². The van der Waals surface area contributed by atoms with Gasteiger partial charge in [-0.3, -0.25) is 14.4 Å². The fraction of sp³-hybridized carbons (Fsp3) is 0.400. The fourth-order valence-electron chi connectivity index (χ4n) is 3.82. The van der Waals surface area contributed by atoms with E-state index in [4.69, 9.17) is 14.2 Å². The van der Waals surface area contributed by atoms with Gasteiger partial charge in [0.1, 0.15) is 5.82 Å². The molecule has 1 heterocycles. The molecule has 34 heavy (non-hydrogen) atoms. The minimum Gasteiger partial charge on any atom is -0.493 e. The Morgan fingerprint density at radius 2 is 1.82 bits per heavy atom. The van der Waals surface area contributed by atoms with Crippen molar-refractivity contribution in [2.75, 3.05) is 33.9 Å². The standard InChI is InChI=1S/C25H29FN2O6/c1-16(18-5-7-20(26)8-6-18)27-23(29)15-34-25(31)19-13-24(30)28(14-19)11-10-17-4-9-21(32-2)22(12-17)33-3/h4-9,12,16,19H,10-11,13-15H2,1-3H3,(H,27,29)/t16-,19+/m1/s1. The molecule has 182 valence electrons. The Hall–Kier alpha value is -3.62. The van der Waals surface area contributed by atoms with Crippen LogP contribution in [0, 0.1) is 11.7 Å². The molecule has 0 radical (unpaired) electrons. The Morgan fingerprint density at radius 3 is 2.50 bits per heavy atom. The van der Waals surface area contributed by atoms with Crippen molar-refractivity contribution < 1.29 is 33.0 Å². The SMILES string of the molecule is COc1ccc(CCN2C[C@@H](C(=O)OCC(=O)N[C@H](C)c3ccc(F)cc3)CC2=O)cc1OC. The minimum absolute atomic E-state index is 0.0539. The van der Waals surface area contributed by atoms with Crippen LogP contribution in [0.25, 0.3) is 0 Å². The number of esters is 1. The Balaban J connectivity index is 1.44. The van der Waals surface area contributed by atoms with Crippen LogP contribution < -0.4 is 14.8 Å². The highest BCUT2D eigenvalue weighted by Gasteiger charge is 2.35. The van der Waals surface area contributed by atoms with Crippen LogP contribution in [0.3, 0.4) is 0 Å². The summed E-state index contributed by atoms with van der Waals surface area (Å²) < 4.78 is 28.7. The lowest BCUT2D eigenvalue weighted by Gasteiger charge is -2.17. The quantitative estimate of drug-likeness (QED) is 0.535. The van der Waals surface area contributed by atoms with Gasteiger partial charge in [-0.1, -0.05) is 18.2 Å². The van der Waals surface area contributed by atoms with Gasteiger partial charge < -0.3 is 24.4 Å². The van der Waals surface area contributed by atoms with E-state index in [9.17, 15) is 18.8 Å². The zero-order valence-corrected chi connectivity index (χ0v) is 19.5. The lowest BCUT2D eigenvalue weighted by atomic mass is 10.1. The number of hydrogen-bond donors (Lipinski definition) is 1. The summed E-state index contributed by atoms with van der Waals surface area (Å²) in [6, 6.07) is 11.0. The zero-order chi connectivity index (χ0) is 24.7. The molecule has 1 N–H and O–H groups in total. The molecule has 2 atom stereocenters. The number of rotatable bonds is 10. The summed E-state index contributed by atoms with van der Waals surface area (Å²) in [6.07, 6.45) is 0.649. The van der Waals surface area contributed by atoms with Gasteiger partial charge in [0.05, 0.1) is 26.2 Å². The second kappa shape index (κ2) is 11.5. The molecule has 8 nitrogen and oxygen atoms in total. The predicted octanol–water partition coefficient (Wildman–Crippen LogP) is 2.65. The summed E-state index contributed by atoms with van der Waals surface area (Å²) in [5.74, 6) is -0.910. The molecular formula is C25H29FN2O6. The molecule has 0 unspecified atom stereocenters. The van der Waals surface area contributed by atoms with Crippen LogP contribution in [0.1, 0.15) is 30.5 Å². The average molecular weight is 473 g/mol. The molecule has 1 aliphatic rings. The third kappa shape index (κ3) is 6.46. The van der Waals surface area contributed by atoms with Crippen LogP contribution in [0.5, 0.6) is 11.5 Å². The fourth-order valence-corrected chi connectivity index (χ4v) is 3.82. The number of nitrogens with one attached hydrogen (secondary N) is 1. The van der Waals surface area contributed by atoms with E-state index < -0.39 is 24.4 Å². The lowest BCUT2D eigenvalue weighted by Crippen LogP contribution is -2.33. The van der Waals surface area contributed by atoms with Crippen molar-refractivity contribution in [2.45, 2.75) is 25.8 Å². The van der Waals surface area contributed by atoms with Crippen molar-refractivity contribution in [3.05, 3.63) is 59.4 Å². The Morgan fingerprint density at radius 1 is 1.12 bits per heavy atom. The topological polar surface area (TPSA) is 94.2 Å². The Labute approximate surface area is 198 Å². The maximum atomic E-state index is 13.0. The first kappa shape index (κ1) is 25.0. The molecule has 9 heteroatoms. The van der Waals surface area contributed by atoms with E-state index in [-0.39, 0.29) is 30.7 Å². The lowest BCUT2D eigenvalue weighted by molar-refractivity contribution is -0.152. The van der Waals surface area contributed by atoms with E-state index >= 15 is 0 Å². The van der Waals surface area contributed by atoms with Gasteiger partial charge in [0, 0.05) is 19.5 Å². The second-order valence-electron chi connectivity index (χ2n) is 8.13. The number of carbonyl (C=O) groups is 3. The van der Waals surface area contributed by atoms with Crippen LogP contribution in [0.2, 0.25) is 0 Å². The smallest absolute Gasteiger partial charge is 0.311 e. The number of halogens is 1. The van der Waals surface area contributed by atoms with E-state index in [1.165, 1.54) is 12.1 Å². The molecule has 0 aromatic heterocycles. The van der Waals surface area contributed by atoms with E-state index in [0.29, 0.717) is 24.5 Å². The van der Waals surface area contributed by atoms with E-state index in [0.717, 1.165) is 11.1 Å². The highest BCUT2D eigenvalue weighted by atomic mass is 19.1. The predicted molar refractivity (Wildman–Crippen MR) is 122 cm³/mol. The summed E-state index contributed by atoms with van der Waals surface area (Å²) in [7, 11) is 3.13. The number of nitrogens with zero attached hydrogens (tertiary/aromatic N) is 1. The third-order valence-corrected chi connectivity index (χ3v) is 5.76. The van der Waals surface area contributed by atoms with E-state index in [2.05, 4.69) is 5.32 Å². The molecule has 3 rings (SSSR count). The van der Waals surface area contributed by atoms with E-state index in [1.54, 1.807) is 38.2 Å². The van der Waals surface area contributed by atoms with Crippen molar-refractivity contribution >= 4 is 17.8 Å². The molecule has 0 saturated carbocycles. The van der Waals surface area contributed by atoms with Crippen molar-refractivity contribution in [2.24, 2.45) is 5.92 Å². The van der Waals surface area contributed by atoms with Gasteiger partial charge in [-0.05, 0) is 48.7 Å². The van der Waals surface area contributed by atoms with Crippen molar-refractivity contribution in [3.8, 4) is 11.5 Å². The number of benzene rings is 2. The van der Waals surface area contributed by atoms with Crippen LogP contribution in [-0.2, 0) is 25.5 Å². The van der Waals surface area contributed by atoms with Gasteiger partial charge >= 0.3 is 5.97 Å². The summed E-state index contributed by atoms with van der Waals surface area (Å²) in [5, 5.41) is 2.70. The maximum absolute atomic E-state index is 13.0. The number of amides is 2. The van der Waals surface area contributed by atoms with Gasteiger partial charge in [-0.2, -0.15) is 0 Å². The molecule has 1 saturated heterocycles. The largest absolute Gasteiger partial charge is 0.493 e. The number of ether oxygens (including phenoxy) is 3. The molecule has 0 spiro atoms. The normalized spacial score (nSPS) is 16.2. The highest BCUT2D eigenvalue weighted by molar-refractivity contribution is 5.88. The van der Waals surface area contributed by atoms with Gasteiger partial charge in [-0.25, -0.2) is 4.39 Å². The van der Waals surface area contributed by atoms with Crippen molar-refractivity contribution in [1.29, 1.82) is 0 Å². The first-order valence-corrected chi connectivity index (χ1v) is 11.0. The summed E-state index contributed by atoms with van der Waals surface area (Å²) >= 11 is 0. The van der Waals surface area contributed by atoms with Gasteiger partial charge in [-0.15, -0.1) is 0 Å². The Kier molecular flexibility index (Phi) is 8.45. The average Bonchev–Trinajstić information content (AvgIpc) is 3.21. The van der Waals surface area contributed by atoms with Crippen LogP contribution >= 0.6 is 0 Å². The third-order valence-electron chi connectivity index (χ3n) is 5.76. The summed E-state index contributed by atoms with van der Waals surface area (Å²) in [5.41, 5.74) is 1.70. The minimum atomic E-state index is -0.611. The maximum Gasteiger partial charge on any atom is 0.311 e. The van der Waals surface area contributed by atoms with Crippen LogP contribution in [0.15, 0.2) is 42.5 Å². The summed E-state index contributed by atoms with van der Waals surface area (Å²) in [4.78, 5) is 38.5. The molecule has 2 amide bonds. The number of methoxy groups -OCH3 is 2. The zero-order valence-electron chi connectivity index (χ0n) is 19.5. The molecule has 2 aromatic carbocycles. The molecule has 2 aromatic rings. The Bertz CT molecular complexity index is 1030. The van der Waals surface area contributed by atoms with Crippen molar-refractivity contribution in [1.82, 2.24) is 10.2 Å². The molecule has 1 fully saturated rings. The summed E-state index contributed by atoms with van der Waals surface area (Å²) in [6.45, 7) is 2.01. The first-order chi connectivity index (χ1) is 16.3. The monoisotopic (exact) mass is 472 g/mol. The van der Waals surface area contributed by atoms with Crippen LogP contribution in [0.4, 0.5) is 4.39 Å². The number of likely N-dealkylation sites (tertiary alicyclic amines) is 1. The number of hydrogen-bond acceptors (Lipinski definition) is 6. The van der Waals surface area contributed by atoms with Crippen LogP contribution in [-0.4, -0.2) is 56.6 Å².